The number of β-lactam (4-membered cyclic amide) rings is 1. The summed E-state index contributed by atoms with van der Waals surface area (Å²) in [7, 11) is 0. The largest absolute Gasteiger partial charge is 0.477 e. The Labute approximate surface area is 188 Å². The molecule has 0 aromatic carbocycles. The minimum Gasteiger partial charge on any atom is -0.477 e. The number of carbonyl (C=O) groups excluding carboxylic acids is 3. The number of amides is 3. The molecule has 2 aliphatic rings. The summed E-state index contributed by atoms with van der Waals surface area (Å²) in [6, 6.07) is 3.71. The van der Waals surface area contributed by atoms with Gasteiger partial charge in [0.2, 0.25) is 6.41 Å². The molecule has 3 heterocycles. The van der Waals surface area contributed by atoms with Crippen LogP contribution in [0.15, 0.2) is 35.1 Å². The van der Waals surface area contributed by atoms with Crippen LogP contribution >= 0.6 is 11.8 Å². The van der Waals surface area contributed by atoms with Crippen LogP contribution in [0.4, 0.5) is 5.82 Å². The van der Waals surface area contributed by atoms with Crippen molar-refractivity contribution in [3.05, 3.63) is 35.7 Å². The Kier molecular flexibility index (Phi) is 7.13. The first-order valence-electron chi connectivity index (χ1n) is 9.85. The maximum Gasteiger partial charge on any atom is 0.352 e. The summed E-state index contributed by atoms with van der Waals surface area (Å²) < 4.78 is 0. The molecule has 0 bridgehead atoms. The van der Waals surface area contributed by atoms with E-state index in [1.165, 1.54) is 30.0 Å². The number of thioether (sulfide) groups is 1. The van der Waals surface area contributed by atoms with E-state index >= 15 is 0 Å². The van der Waals surface area contributed by atoms with Gasteiger partial charge in [-0.25, -0.2) is 9.78 Å². The minimum absolute atomic E-state index is 0.0970. The van der Waals surface area contributed by atoms with Crippen LogP contribution in [-0.4, -0.2) is 68.2 Å². The van der Waals surface area contributed by atoms with Gasteiger partial charge in [-0.05, 0) is 31.1 Å². The molecule has 1 saturated heterocycles. The standard InChI is InChI=1S/C20H23N5O6S/c1-10(2)8-31-24-15(12-5-4-6-14(22-12)21-9-26)17(27)23-16-18(28)25-13(20(29)30)7-11(3)32-19(16)25/h4-7,9-11,16,19H,8H2,1-3H3,(H,23,27)(H,29,30)(H,21,22,26)/b24-15-/t11?,16?,19-/m1/s1. The SMILES string of the molecule is CC(C)CO/N=C(\C(=O)NC1C(=O)N2C(C(=O)O)=CC(C)S[C@H]12)c1cccc(NC=O)n1. The topological polar surface area (TPSA) is 150 Å². The molecule has 0 aliphatic carbocycles. The molecule has 2 aliphatic heterocycles. The molecule has 3 N–H and O–H groups in total. The van der Waals surface area contributed by atoms with E-state index in [0.717, 1.165) is 4.90 Å². The van der Waals surface area contributed by atoms with E-state index in [2.05, 4.69) is 20.8 Å². The van der Waals surface area contributed by atoms with Gasteiger partial charge < -0.3 is 20.6 Å². The fourth-order valence-electron chi connectivity index (χ4n) is 3.10. The lowest BCUT2D eigenvalue weighted by atomic mass is 10.0. The molecule has 1 aromatic heterocycles. The zero-order valence-corrected chi connectivity index (χ0v) is 18.5. The smallest absolute Gasteiger partial charge is 0.352 e. The number of hydrogen-bond donors (Lipinski definition) is 3. The third-order valence-electron chi connectivity index (χ3n) is 4.53. The molecule has 170 valence electrons. The molecular formula is C20H23N5O6S. The molecule has 3 amide bonds. The highest BCUT2D eigenvalue weighted by Crippen LogP contribution is 2.40. The summed E-state index contributed by atoms with van der Waals surface area (Å²) in [4.78, 5) is 58.5. The van der Waals surface area contributed by atoms with Gasteiger partial charge in [0.1, 0.15) is 35.2 Å². The van der Waals surface area contributed by atoms with E-state index < -0.39 is 29.2 Å². The monoisotopic (exact) mass is 461 g/mol. The molecule has 0 radical (unpaired) electrons. The van der Waals surface area contributed by atoms with Gasteiger partial charge in [-0.2, -0.15) is 0 Å². The zero-order valence-electron chi connectivity index (χ0n) is 17.6. The van der Waals surface area contributed by atoms with Gasteiger partial charge in [0.05, 0.1) is 0 Å². The molecule has 0 saturated carbocycles. The Hall–Kier alpha value is -3.41. The Balaban J connectivity index is 1.82. The number of carbonyl (C=O) groups is 4. The van der Waals surface area contributed by atoms with E-state index in [9.17, 15) is 24.3 Å². The highest BCUT2D eigenvalue weighted by atomic mass is 32.2. The van der Waals surface area contributed by atoms with E-state index in [4.69, 9.17) is 4.84 Å². The van der Waals surface area contributed by atoms with E-state index in [0.29, 0.717) is 6.41 Å². The molecule has 3 atom stereocenters. The number of nitrogens with one attached hydrogen (secondary N) is 2. The first-order valence-corrected chi connectivity index (χ1v) is 10.8. The molecule has 0 spiro atoms. The van der Waals surface area contributed by atoms with Crippen molar-refractivity contribution in [1.29, 1.82) is 0 Å². The van der Waals surface area contributed by atoms with Gasteiger partial charge in [-0.1, -0.05) is 25.1 Å². The van der Waals surface area contributed by atoms with Crippen LogP contribution in [0.25, 0.3) is 0 Å². The average Bonchev–Trinajstić information content (AvgIpc) is 2.74. The highest BCUT2D eigenvalue weighted by molar-refractivity contribution is 8.00. The van der Waals surface area contributed by atoms with Crippen LogP contribution in [-0.2, 0) is 24.0 Å². The number of carboxylic acid groups (broad SMARTS) is 1. The molecule has 2 unspecified atom stereocenters. The van der Waals surface area contributed by atoms with E-state index in [1.807, 2.05) is 20.8 Å². The Morgan fingerprint density at radius 3 is 2.81 bits per heavy atom. The summed E-state index contributed by atoms with van der Waals surface area (Å²) in [5, 5.41) is 17.6. The predicted octanol–water partition coefficient (Wildman–Crippen LogP) is 0.784. The summed E-state index contributed by atoms with van der Waals surface area (Å²) >= 11 is 1.36. The Morgan fingerprint density at radius 2 is 2.16 bits per heavy atom. The third-order valence-corrected chi connectivity index (χ3v) is 5.86. The number of aliphatic carboxylic acids is 1. The highest BCUT2D eigenvalue weighted by Gasteiger charge is 2.54. The first-order chi connectivity index (χ1) is 15.2. The van der Waals surface area contributed by atoms with Crippen molar-refractivity contribution in [3.63, 3.8) is 0 Å². The number of pyridine rings is 1. The molecule has 32 heavy (non-hydrogen) atoms. The van der Waals surface area contributed by atoms with Gasteiger partial charge >= 0.3 is 5.97 Å². The van der Waals surface area contributed by atoms with Crippen molar-refractivity contribution in [2.45, 2.75) is 37.4 Å². The molecule has 1 aromatic rings. The molecule has 12 heteroatoms. The summed E-state index contributed by atoms with van der Waals surface area (Å²) in [5.74, 6) is -2.07. The van der Waals surface area contributed by atoms with Crippen molar-refractivity contribution in [2.24, 2.45) is 11.1 Å². The van der Waals surface area contributed by atoms with Gasteiger partial charge in [-0.15, -0.1) is 11.8 Å². The van der Waals surface area contributed by atoms with Gasteiger partial charge in [0.15, 0.2) is 5.71 Å². The fourth-order valence-corrected chi connectivity index (χ4v) is 4.43. The number of nitrogens with zero attached hydrogens (tertiary/aromatic N) is 3. The number of fused-ring (bicyclic) bond motifs is 1. The number of anilines is 1. The molecule has 11 nitrogen and oxygen atoms in total. The molecule has 3 rings (SSSR count). The van der Waals surface area contributed by atoms with Gasteiger partial charge in [0, 0.05) is 5.25 Å². The second-order valence-corrected chi connectivity index (χ2v) is 9.05. The van der Waals surface area contributed by atoms with Crippen LogP contribution in [0.2, 0.25) is 0 Å². The van der Waals surface area contributed by atoms with E-state index in [-0.39, 0.29) is 40.7 Å². The lowest BCUT2D eigenvalue weighted by molar-refractivity contribution is -0.150. The number of aromatic nitrogens is 1. The average molecular weight is 462 g/mol. The summed E-state index contributed by atoms with van der Waals surface area (Å²) in [5.41, 5.74) is -0.132. The molecule has 1 fully saturated rings. The third kappa shape index (κ3) is 4.90. The number of oxime groups is 1. The van der Waals surface area contributed by atoms with Crippen LogP contribution in [0.1, 0.15) is 26.5 Å². The minimum atomic E-state index is -1.20. The Bertz CT molecular complexity index is 994. The van der Waals surface area contributed by atoms with Crippen LogP contribution in [0.3, 0.4) is 0 Å². The quantitative estimate of drug-likeness (QED) is 0.211. The summed E-state index contributed by atoms with van der Waals surface area (Å²) in [6.07, 6.45) is 1.95. The fraction of sp³-hybridized carbons (Fsp3) is 0.400. The lowest BCUT2D eigenvalue weighted by Crippen LogP contribution is -2.71. The second-order valence-electron chi connectivity index (χ2n) is 7.55. The van der Waals surface area contributed by atoms with Crippen LogP contribution < -0.4 is 10.6 Å². The number of hydrogen-bond acceptors (Lipinski definition) is 8. The lowest BCUT2D eigenvalue weighted by Gasteiger charge is -2.49. The summed E-state index contributed by atoms with van der Waals surface area (Å²) in [6.45, 7) is 5.90. The molecular weight excluding hydrogens is 438 g/mol. The Morgan fingerprint density at radius 1 is 1.41 bits per heavy atom. The number of carboxylic acids is 1. The maximum atomic E-state index is 13.0. The number of rotatable bonds is 9. The second kappa shape index (κ2) is 9.81. The van der Waals surface area contributed by atoms with Crippen LogP contribution in [0, 0.1) is 5.92 Å². The maximum absolute atomic E-state index is 13.0. The van der Waals surface area contributed by atoms with Crippen molar-refractivity contribution >= 4 is 47.5 Å². The first kappa shape index (κ1) is 23.3. The predicted molar refractivity (Wildman–Crippen MR) is 117 cm³/mol. The normalized spacial score (nSPS) is 22.4. The van der Waals surface area contributed by atoms with Gasteiger partial charge in [-0.3, -0.25) is 19.3 Å². The van der Waals surface area contributed by atoms with Crippen LogP contribution in [0.5, 0.6) is 0 Å². The van der Waals surface area contributed by atoms with Crippen molar-refractivity contribution in [2.75, 3.05) is 11.9 Å². The van der Waals surface area contributed by atoms with E-state index in [1.54, 1.807) is 6.07 Å². The van der Waals surface area contributed by atoms with Gasteiger partial charge in [0.25, 0.3) is 11.8 Å². The zero-order chi connectivity index (χ0) is 23.4. The van der Waals surface area contributed by atoms with Crippen molar-refractivity contribution in [1.82, 2.24) is 15.2 Å². The van der Waals surface area contributed by atoms with Crippen molar-refractivity contribution in [3.8, 4) is 0 Å². The van der Waals surface area contributed by atoms with Crippen molar-refractivity contribution < 1.29 is 29.1 Å².